The number of nitrogens with zero attached hydrogens (tertiary/aromatic N) is 3. The van der Waals surface area contributed by atoms with E-state index in [4.69, 9.17) is 4.74 Å². The van der Waals surface area contributed by atoms with Gasteiger partial charge >= 0.3 is 5.97 Å². The second-order valence-corrected chi connectivity index (χ2v) is 5.22. The number of esters is 1. The summed E-state index contributed by atoms with van der Waals surface area (Å²) in [6, 6.07) is 1.77. The number of carbonyl (C=O) groups is 1. The Morgan fingerprint density at radius 3 is 3.00 bits per heavy atom. The molecule has 21 heavy (non-hydrogen) atoms. The van der Waals surface area contributed by atoms with E-state index in [9.17, 15) is 4.79 Å². The number of carbonyl (C=O) groups excluding carboxylic acids is 1. The van der Waals surface area contributed by atoms with E-state index in [-0.39, 0.29) is 12.0 Å². The van der Waals surface area contributed by atoms with Gasteiger partial charge in [-0.1, -0.05) is 0 Å². The summed E-state index contributed by atoms with van der Waals surface area (Å²) in [6.07, 6.45) is 1.86. The first-order valence-corrected chi connectivity index (χ1v) is 7.63. The monoisotopic (exact) mass is 292 g/mol. The van der Waals surface area contributed by atoms with Gasteiger partial charge in [-0.2, -0.15) is 0 Å². The molecule has 0 aromatic carbocycles. The maximum Gasteiger partial charge on any atom is 0.323 e. The Hall–Kier alpha value is -1.69. The van der Waals surface area contributed by atoms with E-state index in [0.717, 1.165) is 43.3 Å². The minimum Gasteiger partial charge on any atom is -0.465 e. The Labute approximate surface area is 125 Å². The highest BCUT2D eigenvalue weighted by Gasteiger charge is 2.32. The van der Waals surface area contributed by atoms with E-state index in [1.807, 2.05) is 26.8 Å². The van der Waals surface area contributed by atoms with Gasteiger partial charge in [0.1, 0.15) is 17.7 Å². The van der Waals surface area contributed by atoms with Gasteiger partial charge in [0, 0.05) is 18.3 Å². The van der Waals surface area contributed by atoms with Crippen molar-refractivity contribution in [2.75, 3.05) is 25.0 Å². The van der Waals surface area contributed by atoms with Crippen LogP contribution in [-0.4, -0.2) is 46.6 Å². The number of likely N-dealkylation sites (tertiary alicyclic amines) is 1. The van der Waals surface area contributed by atoms with Gasteiger partial charge in [0.25, 0.3) is 0 Å². The normalized spacial score (nSPS) is 18.7. The van der Waals surface area contributed by atoms with Gasteiger partial charge < -0.3 is 10.1 Å². The number of aromatic nitrogens is 2. The molecule has 1 fully saturated rings. The van der Waals surface area contributed by atoms with Gasteiger partial charge in [0.05, 0.1) is 13.2 Å². The van der Waals surface area contributed by atoms with E-state index in [0.29, 0.717) is 13.2 Å². The smallest absolute Gasteiger partial charge is 0.323 e. The lowest BCUT2D eigenvalue weighted by molar-refractivity contribution is -0.148. The van der Waals surface area contributed by atoms with Crippen molar-refractivity contribution in [1.29, 1.82) is 0 Å². The van der Waals surface area contributed by atoms with E-state index in [1.165, 1.54) is 0 Å². The topological polar surface area (TPSA) is 67.4 Å². The zero-order valence-electron chi connectivity index (χ0n) is 13.1. The Morgan fingerprint density at radius 2 is 2.29 bits per heavy atom. The third-order valence-corrected chi connectivity index (χ3v) is 3.53. The molecule has 0 saturated carbocycles. The average Bonchev–Trinajstić information content (AvgIpc) is 2.87. The average molecular weight is 292 g/mol. The molecule has 2 heterocycles. The highest BCUT2D eigenvalue weighted by molar-refractivity contribution is 5.76. The standard InChI is InChI=1S/C15H24N4O2/c1-4-16-13-9-11(3)17-14(18-13)10-19-8-6-7-12(19)15(20)21-5-2/h9,12H,4-8,10H2,1-3H3,(H,16,17,18). The molecular formula is C15H24N4O2. The van der Waals surface area contributed by atoms with Crippen molar-refractivity contribution >= 4 is 11.8 Å². The second-order valence-electron chi connectivity index (χ2n) is 5.22. The first-order valence-electron chi connectivity index (χ1n) is 7.63. The molecule has 1 aromatic rings. The van der Waals surface area contributed by atoms with Crippen LogP contribution >= 0.6 is 0 Å². The molecule has 1 aliphatic heterocycles. The number of ether oxygens (including phenoxy) is 1. The Kier molecular flexibility index (Phi) is 5.50. The summed E-state index contributed by atoms with van der Waals surface area (Å²) in [4.78, 5) is 23.1. The molecule has 6 heteroatoms. The van der Waals surface area contributed by atoms with Crippen LogP contribution in [0.1, 0.15) is 38.2 Å². The number of nitrogens with one attached hydrogen (secondary N) is 1. The zero-order valence-corrected chi connectivity index (χ0v) is 13.1. The number of aryl methyl sites for hydroxylation is 1. The van der Waals surface area contributed by atoms with Gasteiger partial charge in [-0.05, 0) is 40.2 Å². The predicted molar refractivity (Wildman–Crippen MR) is 81.0 cm³/mol. The summed E-state index contributed by atoms with van der Waals surface area (Å²) >= 11 is 0. The van der Waals surface area contributed by atoms with Gasteiger partial charge in [-0.3, -0.25) is 9.69 Å². The van der Waals surface area contributed by atoms with Crippen LogP contribution < -0.4 is 5.32 Å². The van der Waals surface area contributed by atoms with E-state index < -0.39 is 0 Å². The van der Waals surface area contributed by atoms with Crippen molar-refractivity contribution in [2.24, 2.45) is 0 Å². The van der Waals surface area contributed by atoms with Crippen LogP contribution in [-0.2, 0) is 16.1 Å². The van der Waals surface area contributed by atoms with E-state index >= 15 is 0 Å². The molecule has 1 N–H and O–H groups in total. The molecule has 1 unspecified atom stereocenters. The maximum atomic E-state index is 12.0. The summed E-state index contributed by atoms with van der Waals surface area (Å²) in [5.41, 5.74) is 0.933. The molecular weight excluding hydrogens is 268 g/mol. The molecule has 0 spiro atoms. The van der Waals surface area contributed by atoms with Crippen molar-refractivity contribution in [3.8, 4) is 0 Å². The molecule has 0 radical (unpaired) electrons. The minimum absolute atomic E-state index is 0.130. The summed E-state index contributed by atoms with van der Waals surface area (Å²) in [5, 5.41) is 3.21. The van der Waals surface area contributed by atoms with Gasteiger partial charge in [-0.15, -0.1) is 0 Å². The molecule has 1 aromatic heterocycles. The maximum absolute atomic E-state index is 12.0. The lowest BCUT2D eigenvalue weighted by Crippen LogP contribution is -2.37. The number of hydrogen-bond acceptors (Lipinski definition) is 6. The largest absolute Gasteiger partial charge is 0.465 e. The van der Waals surface area contributed by atoms with E-state index in [2.05, 4.69) is 20.2 Å². The Bertz CT molecular complexity index is 493. The van der Waals surface area contributed by atoms with Crippen molar-refractivity contribution < 1.29 is 9.53 Å². The molecule has 2 rings (SSSR count). The molecule has 1 aliphatic rings. The first kappa shape index (κ1) is 15.7. The molecule has 1 atom stereocenters. The van der Waals surface area contributed by atoms with Gasteiger partial charge in [0.15, 0.2) is 0 Å². The van der Waals surface area contributed by atoms with Crippen molar-refractivity contribution in [3.63, 3.8) is 0 Å². The van der Waals surface area contributed by atoms with Crippen LogP contribution in [0, 0.1) is 6.92 Å². The number of rotatable bonds is 6. The van der Waals surface area contributed by atoms with Crippen LogP contribution in [0.25, 0.3) is 0 Å². The zero-order chi connectivity index (χ0) is 15.2. The Morgan fingerprint density at radius 1 is 1.48 bits per heavy atom. The van der Waals surface area contributed by atoms with Crippen molar-refractivity contribution in [1.82, 2.24) is 14.9 Å². The van der Waals surface area contributed by atoms with Crippen LogP contribution in [0.4, 0.5) is 5.82 Å². The third kappa shape index (κ3) is 4.14. The van der Waals surface area contributed by atoms with Crippen LogP contribution in [0.3, 0.4) is 0 Å². The molecule has 0 aliphatic carbocycles. The highest BCUT2D eigenvalue weighted by Crippen LogP contribution is 2.20. The fourth-order valence-corrected chi connectivity index (χ4v) is 2.67. The van der Waals surface area contributed by atoms with Gasteiger partial charge in [-0.25, -0.2) is 9.97 Å². The van der Waals surface area contributed by atoms with Crippen molar-refractivity contribution in [3.05, 3.63) is 17.6 Å². The van der Waals surface area contributed by atoms with E-state index in [1.54, 1.807) is 0 Å². The summed E-state index contributed by atoms with van der Waals surface area (Å²) in [5.74, 6) is 1.46. The van der Waals surface area contributed by atoms with Crippen LogP contribution in [0.5, 0.6) is 0 Å². The van der Waals surface area contributed by atoms with Crippen LogP contribution in [0.15, 0.2) is 6.07 Å². The number of hydrogen-bond donors (Lipinski definition) is 1. The van der Waals surface area contributed by atoms with Crippen LogP contribution in [0.2, 0.25) is 0 Å². The summed E-state index contributed by atoms with van der Waals surface area (Å²) in [6.45, 7) is 8.55. The predicted octanol–water partition coefficient (Wildman–Crippen LogP) is 1.74. The summed E-state index contributed by atoms with van der Waals surface area (Å²) in [7, 11) is 0. The summed E-state index contributed by atoms with van der Waals surface area (Å²) < 4.78 is 5.15. The third-order valence-electron chi connectivity index (χ3n) is 3.53. The van der Waals surface area contributed by atoms with Crippen molar-refractivity contribution in [2.45, 2.75) is 46.2 Å². The number of anilines is 1. The molecule has 1 saturated heterocycles. The molecule has 0 bridgehead atoms. The lowest BCUT2D eigenvalue weighted by atomic mass is 10.2. The quantitative estimate of drug-likeness (QED) is 0.806. The second kappa shape index (κ2) is 7.36. The molecule has 0 amide bonds. The van der Waals surface area contributed by atoms with Gasteiger partial charge in [0.2, 0.25) is 0 Å². The fourth-order valence-electron chi connectivity index (χ4n) is 2.67. The Balaban J connectivity index is 2.07. The fraction of sp³-hybridized carbons (Fsp3) is 0.667. The minimum atomic E-state index is -0.156. The lowest BCUT2D eigenvalue weighted by Gasteiger charge is -2.22. The highest BCUT2D eigenvalue weighted by atomic mass is 16.5. The SMILES string of the molecule is CCNc1cc(C)nc(CN2CCCC2C(=O)OCC)n1. The molecule has 6 nitrogen and oxygen atoms in total. The molecule has 116 valence electrons. The first-order chi connectivity index (χ1) is 10.1.